The van der Waals surface area contributed by atoms with E-state index in [2.05, 4.69) is 5.32 Å². The number of methoxy groups -OCH3 is 1. The lowest BCUT2D eigenvalue weighted by Crippen LogP contribution is -2.55. The van der Waals surface area contributed by atoms with Crippen LogP contribution < -0.4 is 5.32 Å². The highest BCUT2D eigenvalue weighted by Gasteiger charge is 2.73. The van der Waals surface area contributed by atoms with E-state index in [-0.39, 0.29) is 12.0 Å². The lowest BCUT2D eigenvalue weighted by molar-refractivity contribution is -0.341. The Morgan fingerprint density at radius 1 is 1.03 bits per heavy atom. The highest BCUT2D eigenvalue weighted by molar-refractivity contribution is 5.68. The van der Waals surface area contributed by atoms with Crippen LogP contribution in [-0.4, -0.2) is 79.5 Å². The molecule has 10 nitrogen and oxygen atoms in total. The van der Waals surface area contributed by atoms with E-state index >= 15 is 0 Å². The summed E-state index contributed by atoms with van der Waals surface area (Å²) < 4.78 is 48.4. The third-order valence-corrected chi connectivity index (χ3v) is 6.16. The average molecular weight is 460 g/mol. The summed E-state index contributed by atoms with van der Waals surface area (Å²) in [6.45, 7) is 15.1. The van der Waals surface area contributed by atoms with Crippen molar-refractivity contribution in [1.82, 2.24) is 5.32 Å². The molecule has 0 aliphatic carbocycles. The van der Waals surface area contributed by atoms with Crippen molar-refractivity contribution in [2.24, 2.45) is 5.92 Å². The molecule has 0 aromatic carbocycles. The number of nitrogens with one attached hydrogen (secondary N) is 1. The Labute approximate surface area is 189 Å². The van der Waals surface area contributed by atoms with Crippen molar-refractivity contribution in [3.63, 3.8) is 0 Å². The monoisotopic (exact) mass is 459 g/mol. The zero-order chi connectivity index (χ0) is 23.7. The number of alkyl carbamates (subject to hydrolysis) is 1. The Hall–Kier alpha value is -1.01. The molecule has 4 aliphatic heterocycles. The van der Waals surface area contributed by atoms with E-state index < -0.39 is 59.7 Å². The maximum Gasteiger partial charge on any atom is 0.408 e. The van der Waals surface area contributed by atoms with Gasteiger partial charge in [-0.25, -0.2) is 4.79 Å². The van der Waals surface area contributed by atoms with Crippen molar-refractivity contribution in [3.8, 4) is 0 Å². The highest BCUT2D eigenvalue weighted by atomic mass is 16.9. The molecule has 0 aromatic heterocycles. The summed E-state index contributed by atoms with van der Waals surface area (Å²) in [5.74, 6) is -3.18. The topological polar surface area (TPSA) is 103 Å². The lowest BCUT2D eigenvalue weighted by atomic mass is 9.89. The summed E-state index contributed by atoms with van der Waals surface area (Å²) in [6.07, 6.45) is -3.18. The second-order valence-corrected chi connectivity index (χ2v) is 10.9. The van der Waals surface area contributed by atoms with Gasteiger partial charge in [0, 0.05) is 13.0 Å². The molecule has 0 saturated carbocycles. The second-order valence-electron chi connectivity index (χ2n) is 10.9. The Morgan fingerprint density at radius 3 is 2.34 bits per heavy atom. The van der Waals surface area contributed by atoms with Gasteiger partial charge in [-0.3, -0.25) is 0 Å². The highest BCUT2D eigenvalue weighted by Crippen LogP contribution is 2.54. The van der Waals surface area contributed by atoms with E-state index in [1.807, 2.05) is 55.4 Å². The van der Waals surface area contributed by atoms with E-state index in [4.69, 9.17) is 37.9 Å². The predicted octanol–water partition coefficient (Wildman–Crippen LogP) is 2.29. The fourth-order valence-electron chi connectivity index (χ4n) is 5.03. The lowest BCUT2D eigenvalue weighted by Gasteiger charge is -2.38. The molecule has 0 radical (unpaired) electrons. The van der Waals surface area contributed by atoms with Gasteiger partial charge in [-0.1, -0.05) is 6.92 Å². The van der Waals surface area contributed by atoms with Gasteiger partial charge in [-0.05, 0) is 48.5 Å². The number of carbonyl (C=O) groups excluding carboxylic acids is 1. The van der Waals surface area contributed by atoms with Gasteiger partial charge in [0.25, 0.3) is 0 Å². The van der Waals surface area contributed by atoms with E-state index in [0.717, 1.165) is 0 Å². The van der Waals surface area contributed by atoms with E-state index in [0.29, 0.717) is 6.61 Å². The van der Waals surface area contributed by atoms with Gasteiger partial charge in [-0.15, -0.1) is 0 Å². The zero-order valence-corrected chi connectivity index (χ0v) is 20.4. The summed E-state index contributed by atoms with van der Waals surface area (Å²) in [5, 5.41) is 2.89. The van der Waals surface area contributed by atoms with Crippen LogP contribution in [0.1, 0.15) is 55.4 Å². The van der Waals surface area contributed by atoms with Crippen molar-refractivity contribution < 1.29 is 42.7 Å². The molecule has 4 fully saturated rings. The second kappa shape index (κ2) is 7.76. The van der Waals surface area contributed by atoms with Gasteiger partial charge >= 0.3 is 6.09 Å². The number of ether oxygens (including phenoxy) is 8. The third kappa shape index (κ3) is 4.26. The number of hydrogen-bond donors (Lipinski definition) is 1. The van der Waals surface area contributed by atoms with E-state index in [1.165, 1.54) is 7.11 Å². The smallest absolute Gasteiger partial charge is 0.408 e. The minimum atomic E-state index is -1.25. The Bertz CT molecular complexity index is 735. The molecule has 4 aliphatic rings. The minimum Gasteiger partial charge on any atom is -0.444 e. The normalized spacial score (nSPS) is 44.7. The number of fused-ring (bicyclic) bond motifs is 3. The molecule has 8 atom stereocenters. The van der Waals surface area contributed by atoms with E-state index in [9.17, 15) is 4.79 Å². The van der Waals surface area contributed by atoms with Crippen molar-refractivity contribution in [3.05, 3.63) is 0 Å². The van der Waals surface area contributed by atoms with Crippen LogP contribution in [0.5, 0.6) is 0 Å². The van der Waals surface area contributed by atoms with Gasteiger partial charge in [0.15, 0.2) is 17.9 Å². The van der Waals surface area contributed by atoms with Gasteiger partial charge < -0.3 is 43.2 Å². The first-order chi connectivity index (χ1) is 14.7. The number of hydrogen-bond acceptors (Lipinski definition) is 9. The quantitative estimate of drug-likeness (QED) is 0.681. The summed E-state index contributed by atoms with van der Waals surface area (Å²) in [5.41, 5.74) is -0.626. The van der Waals surface area contributed by atoms with E-state index in [1.54, 1.807) is 0 Å². The van der Waals surface area contributed by atoms with Crippen molar-refractivity contribution in [2.75, 3.05) is 13.7 Å². The SMILES string of the molecule is CO[C@H]1O[C@H]([C@@]23O[C@H]4COC(C)(C)O[C@H]4[C@@H]2OC(C)(C)O3)[C@@H](C)[C@@H]1NC(=O)OC(C)(C)C. The molecule has 4 saturated heterocycles. The summed E-state index contributed by atoms with van der Waals surface area (Å²) in [7, 11) is 1.53. The molecule has 4 rings (SSSR count). The molecule has 1 amide bonds. The summed E-state index contributed by atoms with van der Waals surface area (Å²) in [4.78, 5) is 12.5. The maximum absolute atomic E-state index is 12.5. The van der Waals surface area contributed by atoms with Crippen LogP contribution in [-0.2, 0) is 37.9 Å². The van der Waals surface area contributed by atoms with Crippen LogP contribution >= 0.6 is 0 Å². The molecule has 0 bridgehead atoms. The van der Waals surface area contributed by atoms with Crippen LogP contribution in [0.2, 0.25) is 0 Å². The van der Waals surface area contributed by atoms with Gasteiger partial charge in [0.05, 0.1) is 12.6 Å². The van der Waals surface area contributed by atoms with Gasteiger partial charge in [0.1, 0.15) is 30.0 Å². The predicted molar refractivity (Wildman–Crippen MR) is 111 cm³/mol. The van der Waals surface area contributed by atoms with Crippen molar-refractivity contribution >= 4 is 6.09 Å². The first kappa shape index (κ1) is 24.1. The van der Waals surface area contributed by atoms with Crippen molar-refractivity contribution in [2.45, 2.75) is 115 Å². The Balaban J connectivity index is 1.60. The van der Waals surface area contributed by atoms with Crippen LogP contribution in [0.4, 0.5) is 4.79 Å². The molecule has 4 heterocycles. The van der Waals surface area contributed by atoms with Gasteiger partial charge in [0.2, 0.25) is 5.79 Å². The Kier molecular flexibility index (Phi) is 5.85. The van der Waals surface area contributed by atoms with Crippen LogP contribution in [0.25, 0.3) is 0 Å². The fourth-order valence-corrected chi connectivity index (χ4v) is 5.03. The first-order valence-electron chi connectivity index (χ1n) is 11.2. The molecular weight excluding hydrogens is 422 g/mol. The molecule has 0 spiro atoms. The standard InChI is InChI=1S/C22H37NO9/c1-11-13(23-18(24)31-19(2,3)4)17(25-9)27-15(11)22-16(30-21(7,8)32-22)14-12(28-22)10-26-20(5,6)29-14/h11-17H,10H2,1-9H3,(H,23,24)/t11-,12-,13-,14+,15-,16-,17-,22-/m0/s1. The molecule has 0 aromatic rings. The van der Waals surface area contributed by atoms with Crippen LogP contribution in [0, 0.1) is 5.92 Å². The number of carbonyl (C=O) groups is 1. The molecule has 32 heavy (non-hydrogen) atoms. The molecular formula is C22H37NO9. The number of amides is 1. The minimum absolute atomic E-state index is 0.249. The zero-order valence-electron chi connectivity index (χ0n) is 20.4. The summed E-state index contributed by atoms with van der Waals surface area (Å²) in [6, 6.07) is -0.484. The maximum atomic E-state index is 12.5. The first-order valence-corrected chi connectivity index (χ1v) is 11.2. The molecule has 0 unspecified atom stereocenters. The molecule has 184 valence electrons. The average Bonchev–Trinajstić information content (AvgIpc) is 3.19. The summed E-state index contributed by atoms with van der Waals surface area (Å²) >= 11 is 0. The van der Waals surface area contributed by atoms with Gasteiger partial charge in [-0.2, -0.15) is 0 Å². The van der Waals surface area contributed by atoms with Crippen LogP contribution in [0.15, 0.2) is 0 Å². The van der Waals surface area contributed by atoms with Crippen LogP contribution in [0.3, 0.4) is 0 Å². The largest absolute Gasteiger partial charge is 0.444 e. The number of rotatable bonds is 3. The Morgan fingerprint density at radius 2 is 1.72 bits per heavy atom. The van der Waals surface area contributed by atoms with Crippen molar-refractivity contribution in [1.29, 1.82) is 0 Å². The molecule has 1 N–H and O–H groups in total. The third-order valence-electron chi connectivity index (χ3n) is 6.16. The molecule has 10 heteroatoms. The fraction of sp³-hybridized carbons (Fsp3) is 0.955.